The third-order valence-corrected chi connectivity index (χ3v) is 4.58. The summed E-state index contributed by atoms with van der Waals surface area (Å²) in [6.45, 7) is 1.42. The number of hydrogen-bond acceptors (Lipinski definition) is 5. The fraction of sp³-hybridized carbons (Fsp3) is 0.368. The van der Waals surface area contributed by atoms with E-state index in [1.54, 1.807) is 24.3 Å². The largest absolute Gasteiger partial charge is 0.434 e. The van der Waals surface area contributed by atoms with E-state index < -0.39 is 11.8 Å². The van der Waals surface area contributed by atoms with Crippen molar-refractivity contribution < 1.29 is 23.8 Å². The van der Waals surface area contributed by atoms with Crippen LogP contribution < -0.4 is 15.4 Å². The first-order chi connectivity index (χ1) is 13.1. The summed E-state index contributed by atoms with van der Waals surface area (Å²) in [7, 11) is 0. The summed E-state index contributed by atoms with van der Waals surface area (Å²) in [6.07, 6.45) is 2.85. The van der Waals surface area contributed by atoms with Crippen molar-refractivity contribution in [2.75, 3.05) is 31.7 Å². The van der Waals surface area contributed by atoms with Crippen molar-refractivity contribution >= 4 is 11.7 Å². The van der Waals surface area contributed by atoms with Gasteiger partial charge in [0.05, 0.1) is 6.61 Å². The molecule has 1 fully saturated rings. The monoisotopic (exact) mass is 375 g/mol. The Morgan fingerprint density at radius 2 is 2.04 bits per heavy atom. The van der Waals surface area contributed by atoms with Gasteiger partial charge in [0.25, 0.3) is 0 Å². The number of halogens is 1. The van der Waals surface area contributed by atoms with Crippen molar-refractivity contribution in [2.45, 2.75) is 12.8 Å². The van der Waals surface area contributed by atoms with Gasteiger partial charge < -0.3 is 25.2 Å². The number of nitrogens with one attached hydrogen (secondary N) is 2. The molecule has 144 valence electrons. The predicted octanol–water partition coefficient (Wildman–Crippen LogP) is 2.92. The third kappa shape index (κ3) is 4.93. The minimum atomic E-state index is -0.525. The van der Waals surface area contributed by atoms with Crippen LogP contribution in [0.25, 0.3) is 0 Å². The van der Waals surface area contributed by atoms with Crippen LogP contribution in [0.15, 0.2) is 42.6 Å². The lowest BCUT2D eigenvalue weighted by atomic mass is 9.81. The van der Waals surface area contributed by atoms with Crippen LogP contribution in [0, 0.1) is 11.2 Å². The summed E-state index contributed by atoms with van der Waals surface area (Å²) in [5, 5.41) is 15.1. The van der Waals surface area contributed by atoms with E-state index in [0.29, 0.717) is 38.3 Å². The van der Waals surface area contributed by atoms with Crippen LogP contribution in [-0.2, 0) is 4.74 Å². The summed E-state index contributed by atoms with van der Waals surface area (Å²) in [4.78, 5) is 16.4. The lowest BCUT2D eigenvalue weighted by Crippen LogP contribution is -2.44. The van der Waals surface area contributed by atoms with Gasteiger partial charge in [-0.25, -0.2) is 14.2 Å². The number of hydrogen-bond donors (Lipinski definition) is 3. The van der Waals surface area contributed by atoms with Crippen LogP contribution in [0.2, 0.25) is 0 Å². The molecule has 0 saturated carbocycles. The van der Waals surface area contributed by atoms with Gasteiger partial charge in [-0.15, -0.1) is 0 Å². The van der Waals surface area contributed by atoms with Crippen molar-refractivity contribution in [2.24, 2.45) is 5.41 Å². The molecule has 2 heterocycles. The fourth-order valence-electron chi connectivity index (χ4n) is 2.83. The topological polar surface area (TPSA) is 92.7 Å². The number of rotatable bonds is 6. The van der Waals surface area contributed by atoms with Gasteiger partial charge in [-0.3, -0.25) is 0 Å². The van der Waals surface area contributed by atoms with Crippen LogP contribution in [0.1, 0.15) is 12.8 Å². The molecule has 0 unspecified atom stereocenters. The lowest BCUT2D eigenvalue weighted by Gasteiger charge is -2.35. The number of para-hydroxylation sites is 1. The van der Waals surface area contributed by atoms with Gasteiger partial charge in [-0.1, -0.05) is 12.1 Å². The quantitative estimate of drug-likeness (QED) is 0.722. The lowest BCUT2D eigenvalue weighted by molar-refractivity contribution is -0.0136. The van der Waals surface area contributed by atoms with E-state index in [-0.39, 0.29) is 23.7 Å². The highest BCUT2D eigenvalue weighted by Crippen LogP contribution is 2.30. The Morgan fingerprint density at radius 3 is 2.78 bits per heavy atom. The first-order valence-corrected chi connectivity index (χ1v) is 8.73. The van der Waals surface area contributed by atoms with Crippen LogP contribution in [0.4, 0.5) is 14.9 Å². The van der Waals surface area contributed by atoms with Gasteiger partial charge in [0.1, 0.15) is 5.69 Å². The van der Waals surface area contributed by atoms with E-state index in [1.807, 2.05) is 0 Å². The maximum absolute atomic E-state index is 13.8. The molecule has 2 amide bonds. The van der Waals surface area contributed by atoms with Gasteiger partial charge in [0, 0.05) is 31.4 Å². The molecule has 27 heavy (non-hydrogen) atoms. The summed E-state index contributed by atoms with van der Waals surface area (Å²) in [6, 6.07) is 8.74. The zero-order valence-electron chi connectivity index (χ0n) is 14.8. The Labute approximate surface area is 156 Å². The van der Waals surface area contributed by atoms with E-state index >= 15 is 0 Å². The Balaban J connectivity index is 1.63. The molecule has 3 rings (SSSR count). The van der Waals surface area contributed by atoms with E-state index in [4.69, 9.17) is 9.47 Å². The molecule has 1 aliphatic heterocycles. The summed E-state index contributed by atoms with van der Waals surface area (Å²) < 4.78 is 24.6. The standard InChI is InChI=1S/C19H22FN3O4/c20-14-4-1-2-6-16(14)27-17-15(5-3-9-21-17)23-18(25)22-12-19(13-24)7-10-26-11-8-19/h1-6,9,24H,7-8,10-13H2,(H2,22,23,25). The van der Waals surface area contributed by atoms with Crippen molar-refractivity contribution in [3.8, 4) is 11.6 Å². The summed E-state index contributed by atoms with van der Waals surface area (Å²) >= 11 is 0. The van der Waals surface area contributed by atoms with Crippen LogP contribution in [0.5, 0.6) is 11.6 Å². The molecule has 0 atom stereocenters. The normalized spacial score (nSPS) is 15.8. The SMILES string of the molecule is O=C(NCC1(CO)CCOCC1)Nc1cccnc1Oc1ccccc1F. The van der Waals surface area contributed by atoms with Crippen LogP contribution in [0.3, 0.4) is 0 Å². The van der Waals surface area contributed by atoms with Crippen molar-refractivity contribution in [1.82, 2.24) is 10.3 Å². The maximum atomic E-state index is 13.8. The maximum Gasteiger partial charge on any atom is 0.319 e. The smallest absolute Gasteiger partial charge is 0.319 e. The second-order valence-electron chi connectivity index (χ2n) is 6.47. The van der Waals surface area contributed by atoms with E-state index in [1.165, 1.54) is 18.3 Å². The van der Waals surface area contributed by atoms with E-state index in [2.05, 4.69) is 15.6 Å². The zero-order valence-corrected chi connectivity index (χ0v) is 14.8. The minimum Gasteiger partial charge on any atom is -0.434 e. The predicted molar refractivity (Wildman–Crippen MR) is 97.3 cm³/mol. The minimum absolute atomic E-state index is 0.0149. The number of carbonyl (C=O) groups is 1. The fourth-order valence-corrected chi connectivity index (χ4v) is 2.83. The van der Waals surface area contributed by atoms with Gasteiger partial charge >= 0.3 is 6.03 Å². The number of anilines is 1. The highest BCUT2D eigenvalue weighted by Gasteiger charge is 2.32. The zero-order chi connectivity index (χ0) is 19.1. The molecular formula is C19H22FN3O4. The molecule has 1 aliphatic rings. The molecule has 0 radical (unpaired) electrons. The average molecular weight is 375 g/mol. The number of urea groups is 1. The molecule has 1 saturated heterocycles. The molecule has 0 aliphatic carbocycles. The molecule has 0 spiro atoms. The number of carbonyl (C=O) groups excluding carboxylic acids is 1. The summed E-state index contributed by atoms with van der Waals surface area (Å²) in [5.41, 5.74) is -0.0694. The van der Waals surface area contributed by atoms with Crippen molar-refractivity contribution in [1.29, 1.82) is 0 Å². The molecule has 7 nitrogen and oxygen atoms in total. The first-order valence-electron chi connectivity index (χ1n) is 8.73. The third-order valence-electron chi connectivity index (χ3n) is 4.58. The van der Waals surface area contributed by atoms with E-state index in [9.17, 15) is 14.3 Å². The number of benzene rings is 1. The molecule has 0 bridgehead atoms. The number of aromatic nitrogens is 1. The van der Waals surface area contributed by atoms with E-state index in [0.717, 1.165) is 0 Å². The van der Waals surface area contributed by atoms with Crippen molar-refractivity contribution in [3.05, 3.63) is 48.4 Å². The van der Waals surface area contributed by atoms with Crippen LogP contribution >= 0.6 is 0 Å². The van der Waals surface area contributed by atoms with Crippen molar-refractivity contribution in [3.63, 3.8) is 0 Å². The number of nitrogens with zero attached hydrogens (tertiary/aromatic N) is 1. The highest BCUT2D eigenvalue weighted by atomic mass is 19.1. The number of pyridine rings is 1. The molecular weight excluding hydrogens is 353 g/mol. The van der Waals surface area contributed by atoms with Gasteiger partial charge in [-0.05, 0) is 37.1 Å². The first kappa shape index (κ1) is 19.1. The second-order valence-corrected chi connectivity index (χ2v) is 6.47. The van der Waals surface area contributed by atoms with Gasteiger partial charge in [0.2, 0.25) is 5.88 Å². The number of ether oxygens (including phenoxy) is 2. The Hall–Kier alpha value is -2.71. The number of amides is 2. The number of aliphatic hydroxyl groups is 1. The van der Waals surface area contributed by atoms with Gasteiger partial charge in [-0.2, -0.15) is 0 Å². The molecule has 2 aromatic rings. The number of aliphatic hydroxyl groups excluding tert-OH is 1. The van der Waals surface area contributed by atoms with Crippen LogP contribution in [-0.4, -0.2) is 42.5 Å². The highest BCUT2D eigenvalue weighted by molar-refractivity contribution is 5.90. The second kappa shape index (κ2) is 8.79. The molecule has 1 aromatic heterocycles. The molecule has 1 aromatic carbocycles. The Bertz CT molecular complexity index is 781. The summed E-state index contributed by atoms with van der Waals surface area (Å²) in [5.74, 6) is -0.426. The van der Waals surface area contributed by atoms with Gasteiger partial charge in [0.15, 0.2) is 11.6 Å². The molecule has 3 N–H and O–H groups in total. The molecule has 8 heteroatoms. The Kier molecular flexibility index (Phi) is 6.20. The average Bonchev–Trinajstić information content (AvgIpc) is 2.70. The Morgan fingerprint density at radius 1 is 1.26 bits per heavy atom.